The summed E-state index contributed by atoms with van der Waals surface area (Å²) in [5, 5.41) is 12.9. The van der Waals surface area contributed by atoms with E-state index in [-0.39, 0.29) is 11.8 Å². The van der Waals surface area contributed by atoms with Crippen molar-refractivity contribution >= 4 is 11.7 Å². The Bertz CT molecular complexity index is 1130. The topological polar surface area (TPSA) is 63.1 Å². The van der Waals surface area contributed by atoms with E-state index in [1.54, 1.807) is 12.1 Å². The van der Waals surface area contributed by atoms with Crippen LogP contribution in [0, 0.1) is 5.82 Å². The molecule has 4 aromatic rings. The third-order valence-corrected chi connectivity index (χ3v) is 4.37. The van der Waals surface area contributed by atoms with Crippen molar-refractivity contribution in [3.05, 3.63) is 96.3 Å². The molecule has 4 rings (SSSR count). The molecule has 1 aromatic heterocycles. The first-order chi connectivity index (χ1) is 14.2. The molecule has 3 aromatic carbocycles. The molecule has 0 aliphatic carbocycles. The molecule has 0 amide bonds. The van der Waals surface area contributed by atoms with Gasteiger partial charge in [0.2, 0.25) is 0 Å². The van der Waals surface area contributed by atoms with Crippen molar-refractivity contribution in [3.8, 4) is 22.5 Å². The van der Waals surface area contributed by atoms with E-state index in [4.69, 9.17) is 0 Å². The molecule has 0 saturated heterocycles. The number of hydrogen-bond acceptors (Lipinski definition) is 5. The lowest BCUT2D eigenvalue weighted by Crippen LogP contribution is -2.05. The average Bonchev–Trinajstić information content (AvgIpc) is 2.79. The van der Waals surface area contributed by atoms with Crippen LogP contribution in [0.2, 0.25) is 0 Å². The van der Waals surface area contributed by atoms with E-state index >= 15 is 0 Å². The fourth-order valence-electron chi connectivity index (χ4n) is 2.85. The van der Waals surface area contributed by atoms with E-state index in [0.717, 1.165) is 16.7 Å². The minimum atomic E-state index is -0.286. The van der Waals surface area contributed by atoms with Gasteiger partial charge in [0.15, 0.2) is 0 Å². The highest BCUT2D eigenvalue weighted by molar-refractivity contribution is 5.99. The predicted octanol–water partition coefficient (Wildman–Crippen LogP) is 5.18. The third-order valence-electron chi connectivity index (χ3n) is 4.37. The number of aromatic nitrogens is 3. The van der Waals surface area contributed by atoms with Gasteiger partial charge in [0.05, 0.1) is 5.71 Å². The molecular weight excluding hydrogens is 365 g/mol. The van der Waals surface area contributed by atoms with Crippen LogP contribution in [0.15, 0.2) is 90.0 Å². The molecule has 0 bridgehead atoms. The monoisotopic (exact) mass is 383 g/mol. The number of halogens is 1. The first kappa shape index (κ1) is 18.4. The largest absolute Gasteiger partial charge is 0.263 e. The van der Waals surface area contributed by atoms with Crippen LogP contribution in [0.3, 0.4) is 0 Å². The summed E-state index contributed by atoms with van der Waals surface area (Å²) in [5.41, 5.74) is 7.62. The lowest BCUT2D eigenvalue weighted by atomic mass is 10.0. The van der Waals surface area contributed by atoms with E-state index in [1.807, 2.05) is 67.6 Å². The zero-order valence-corrected chi connectivity index (χ0v) is 15.7. The molecule has 0 atom stereocenters. The van der Waals surface area contributed by atoms with Crippen molar-refractivity contribution in [2.24, 2.45) is 5.10 Å². The van der Waals surface area contributed by atoms with Crippen LogP contribution in [0.5, 0.6) is 0 Å². The number of anilines is 1. The minimum absolute atomic E-state index is 0.282. The summed E-state index contributed by atoms with van der Waals surface area (Å²) in [6.45, 7) is 1.82. The molecule has 5 nitrogen and oxygen atoms in total. The van der Waals surface area contributed by atoms with Crippen LogP contribution in [0.1, 0.15) is 12.5 Å². The van der Waals surface area contributed by atoms with Gasteiger partial charge in [0.1, 0.15) is 17.2 Å². The maximum absolute atomic E-state index is 13.1. The first-order valence-corrected chi connectivity index (χ1v) is 9.12. The minimum Gasteiger partial charge on any atom is -0.244 e. The highest BCUT2D eigenvalue weighted by atomic mass is 19.1. The number of rotatable bonds is 5. The summed E-state index contributed by atoms with van der Waals surface area (Å²) in [6.07, 6.45) is 0. The van der Waals surface area contributed by atoms with E-state index in [1.165, 1.54) is 12.1 Å². The van der Waals surface area contributed by atoms with Crippen molar-refractivity contribution in [1.29, 1.82) is 0 Å². The smallest absolute Gasteiger partial charge is 0.244 e. The van der Waals surface area contributed by atoms with Crippen LogP contribution in [0.25, 0.3) is 22.5 Å². The van der Waals surface area contributed by atoms with Gasteiger partial charge < -0.3 is 0 Å². The van der Waals surface area contributed by atoms with E-state index in [2.05, 4.69) is 25.7 Å². The van der Waals surface area contributed by atoms with Crippen molar-refractivity contribution in [2.75, 3.05) is 5.43 Å². The second-order valence-electron chi connectivity index (χ2n) is 6.38. The Balaban J connectivity index is 1.68. The molecular formula is C23H18FN5. The second-order valence-corrected chi connectivity index (χ2v) is 6.38. The second kappa shape index (κ2) is 8.39. The molecule has 29 heavy (non-hydrogen) atoms. The molecule has 0 aliphatic heterocycles. The zero-order valence-electron chi connectivity index (χ0n) is 15.7. The molecule has 1 N–H and O–H groups in total. The number of hydrogen-bond donors (Lipinski definition) is 1. The fraction of sp³-hybridized carbons (Fsp3) is 0.0435. The quantitative estimate of drug-likeness (QED) is 0.381. The van der Waals surface area contributed by atoms with Crippen LogP contribution >= 0.6 is 0 Å². The summed E-state index contributed by atoms with van der Waals surface area (Å²) in [4.78, 5) is 4.65. The van der Waals surface area contributed by atoms with Crippen molar-refractivity contribution in [3.63, 3.8) is 0 Å². The molecule has 1 heterocycles. The van der Waals surface area contributed by atoms with Gasteiger partial charge in [-0.1, -0.05) is 72.8 Å². The summed E-state index contributed by atoms with van der Waals surface area (Å²) < 4.78 is 13.1. The molecule has 6 heteroatoms. The Kier molecular flexibility index (Phi) is 5.33. The van der Waals surface area contributed by atoms with Crippen LogP contribution in [-0.4, -0.2) is 20.9 Å². The van der Waals surface area contributed by atoms with E-state index < -0.39 is 0 Å². The van der Waals surface area contributed by atoms with Crippen LogP contribution in [0.4, 0.5) is 10.3 Å². The lowest BCUT2D eigenvalue weighted by molar-refractivity contribution is 0.628. The summed E-state index contributed by atoms with van der Waals surface area (Å²) >= 11 is 0. The predicted molar refractivity (Wildman–Crippen MR) is 113 cm³/mol. The Morgan fingerprint density at radius 2 is 1.34 bits per heavy atom. The van der Waals surface area contributed by atoms with Crippen molar-refractivity contribution in [2.45, 2.75) is 6.92 Å². The Morgan fingerprint density at radius 3 is 1.97 bits per heavy atom. The van der Waals surface area contributed by atoms with Gasteiger partial charge in [-0.15, -0.1) is 10.2 Å². The standard InChI is InChI=1S/C23H18FN5/c1-16(17-12-14-20(24)15-13-17)26-28-23-25-21(18-8-4-2-5-9-18)22(27-29-23)19-10-6-3-7-11-19/h2-15H,1H3,(H,25,28,29). The molecule has 0 radical (unpaired) electrons. The number of nitrogens with zero attached hydrogens (tertiary/aromatic N) is 4. The molecule has 0 fully saturated rings. The van der Waals surface area contributed by atoms with Gasteiger partial charge >= 0.3 is 0 Å². The number of benzene rings is 3. The third kappa shape index (κ3) is 4.32. The van der Waals surface area contributed by atoms with Crippen molar-refractivity contribution in [1.82, 2.24) is 15.2 Å². The van der Waals surface area contributed by atoms with Crippen LogP contribution < -0.4 is 5.43 Å². The fourth-order valence-corrected chi connectivity index (χ4v) is 2.85. The maximum atomic E-state index is 13.1. The lowest BCUT2D eigenvalue weighted by Gasteiger charge is -2.09. The van der Waals surface area contributed by atoms with Gasteiger partial charge in [-0.3, -0.25) is 0 Å². The van der Waals surface area contributed by atoms with Crippen LogP contribution in [-0.2, 0) is 0 Å². The van der Waals surface area contributed by atoms with Gasteiger partial charge in [-0.25, -0.2) is 14.8 Å². The Labute approximate surface area is 168 Å². The zero-order chi connectivity index (χ0) is 20.1. The molecule has 142 valence electrons. The van der Waals surface area contributed by atoms with Gasteiger partial charge in [-0.05, 0) is 24.6 Å². The molecule has 0 aliphatic rings. The molecule has 0 saturated carbocycles. The Hall–Kier alpha value is -3.93. The average molecular weight is 383 g/mol. The maximum Gasteiger partial charge on any atom is 0.263 e. The molecule has 0 unspecified atom stereocenters. The first-order valence-electron chi connectivity index (χ1n) is 9.12. The van der Waals surface area contributed by atoms with Gasteiger partial charge in [0, 0.05) is 11.1 Å². The van der Waals surface area contributed by atoms with E-state index in [0.29, 0.717) is 17.1 Å². The number of nitrogens with one attached hydrogen (secondary N) is 1. The SMILES string of the molecule is CC(=NNc1nnc(-c2ccccc2)c(-c2ccccc2)n1)c1ccc(F)cc1. The van der Waals surface area contributed by atoms with Crippen molar-refractivity contribution < 1.29 is 4.39 Å². The van der Waals surface area contributed by atoms with Gasteiger partial charge in [-0.2, -0.15) is 5.10 Å². The summed E-state index contributed by atoms with van der Waals surface area (Å²) in [5.74, 6) is -0.00366. The van der Waals surface area contributed by atoms with E-state index in [9.17, 15) is 4.39 Å². The molecule has 0 spiro atoms. The van der Waals surface area contributed by atoms with Gasteiger partial charge in [0.25, 0.3) is 5.95 Å². The normalized spacial score (nSPS) is 11.3. The number of hydrazone groups is 1. The highest BCUT2D eigenvalue weighted by Gasteiger charge is 2.13. The summed E-state index contributed by atoms with van der Waals surface area (Å²) in [7, 11) is 0. The highest BCUT2D eigenvalue weighted by Crippen LogP contribution is 2.28. The summed E-state index contributed by atoms with van der Waals surface area (Å²) in [6, 6.07) is 25.8. The Morgan fingerprint density at radius 1 is 0.759 bits per heavy atom.